The van der Waals surface area contributed by atoms with Crippen LogP contribution in [0.4, 0.5) is 4.39 Å². The fourth-order valence-corrected chi connectivity index (χ4v) is 2.90. The summed E-state index contributed by atoms with van der Waals surface area (Å²) in [5.74, 6) is -0.771. The van der Waals surface area contributed by atoms with E-state index in [-0.39, 0.29) is 11.4 Å². The molecule has 2 rings (SSSR count). The fourth-order valence-electron chi connectivity index (χ4n) is 1.76. The Morgan fingerprint density at radius 2 is 2.14 bits per heavy atom. The minimum atomic E-state index is -3.92. The number of sulfonamides is 1. The first-order valence-electron chi connectivity index (χ1n) is 6.49. The van der Waals surface area contributed by atoms with E-state index < -0.39 is 15.8 Å². The molecule has 3 N–H and O–H groups in total. The average molecular weight is 312 g/mol. The molecule has 0 unspecified atom stereocenters. The quantitative estimate of drug-likeness (QED) is 0.715. The molecule has 0 aliphatic rings. The molecule has 1 aromatic heterocycles. The lowest BCUT2D eigenvalue weighted by Crippen LogP contribution is -2.24. The Morgan fingerprint density at radius 1 is 1.33 bits per heavy atom. The molecular formula is C13H17FN4O2S. The van der Waals surface area contributed by atoms with E-state index in [9.17, 15) is 12.8 Å². The molecule has 0 saturated carbocycles. The number of halogens is 1. The molecule has 0 aliphatic heterocycles. The summed E-state index contributed by atoms with van der Waals surface area (Å²) in [5, 5.41) is 3.07. The SMILES string of the molecule is CCNCc1ccc(F)c(S(=O)(=O)NCc2cnc[nH]2)c1. The Kier molecular flexibility index (Phi) is 5.05. The van der Waals surface area contributed by atoms with Crippen LogP contribution in [0, 0.1) is 5.82 Å². The second-order valence-electron chi connectivity index (χ2n) is 4.45. The molecule has 1 heterocycles. The van der Waals surface area contributed by atoms with Gasteiger partial charge in [-0.25, -0.2) is 22.5 Å². The smallest absolute Gasteiger partial charge is 0.243 e. The normalized spacial score (nSPS) is 11.7. The van der Waals surface area contributed by atoms with Crippen molar-refractivity contribution in [3.05, 3.63) is 47.8 Å². The number of benzene rings is 1. The third-order valence-corrected chi connectivity index (χ3v) is 4.29. The van der Waals surface area contributed by atoms with Gasteiger partial charge in [0, 0.05) is 18.4 Å². The highest BCUT2D eigenvalue weighted by molar-refractivity contribution is 7.89. The van der Waals surface area contributed by atoms with Crippen molar-refractivity contribution in [1.29, 1.82) is 0 Å². The third kappa shape index (κ3) is 4.10. The average Bonchev–Trinajstić information content (AvgIpc) is 2.97. The van der Waals surface area contributed by atoms with Crippen molar-refractivity contribution in [2.24, 2.45) is 0 Å². The Bertz CT molecular complexity index is 686. The largest absolute Gasteiger partial charge is 0.347 e. The zero-order valence-electron chi connectivity index (χ0n) is 11.6. The molecular weight excluding hydrogens is 295 g/mol. The van der Waals surface area contributed by atoms with Gasteiger partial charge < -0.3 is 10.3 Å². The van der Waals surface area contributed by atoms with Gasteiger partial charge in [-0.1, -0.05) is 13.0 Å². The Balaban J connectivity index is 2.17. The first kappa shape index (κ1) is 15.6. The zero-order chi connectivity index (χ0) is 15.3. The summed E-state index contributed by atoms with van der Waals surface area (Å²) < 4.78 is 40.5. The van der Waals surface area contributed by atoms with E-state index in [1.54, 1.807) is 6.07 Å². The number of aromatic amines is 1. The van der Waals surface area contributed by atoms with Gasteiger partial charge in [-0.2, -0.15) is 0 Å². The maximum absolute atomic E-state index is 13.8. The van der Waals surface area contributed by atoms with E-state index in [1.165, 1.54) is 18.6 Å². The lowest BCUT2D eigenvalue weighted by Gasteiger charge is -2.09. The third-order valence-electron chi connectivity index (χ3n) is 2.87. The first-order chi connectivity index (χ1) is 10.0. The van der Waals surface area contributed by atoms with E-state index >= 15 is 0 Å². The van der Waals surface area contributed by atoms with Gasteiger partial charge in [-0.15, -0.1) is 0 Å². The van der Waals surface area contributed by atoms with E-state index in [4.69, 9.17) is 0 Å². The Labute approximate surface area is 122 Å². The minimum Gasteiger partial charge on any atom is -0.347 e. The molecule has 6 nitrogen and oxygen atoms in total. The molecule has 0 atom stereocenters. The highest BCUT2D eigenvalue weighted by atomic mass is 32.2. The van der Waals surface area contributed by atoms with E-state index in [0.717, 1.165) is 12.6 Å². The molecule has 0 amide bonds. The molecule has 0 fully saturated rings. The van der Waals surface area contributed by atoms with Crippen molar-refractivity contribution in [2.75, 3.05) is 6.54 Å². The fraction of sp³-hybridized carbons (Fsp3) is 0.308. The van der Waals surface area contributed by atoms with Gasteiger partial charge in [0.15, 0.2) is 0 Å². The number of hydrogen-bond acceptors (Lipinski definition) is 4. The molecule has 0 saturated heterocycles. The number of hydrogen-bond donors (Lipinski definition) is 3. The molecule has 114 valence electrons. The van der Waals surface area contributed by atoms with Gasteiger partial charge in [-0.3, -0.25) is 0 Å². The van der Waals surface area contributed by atoms with Crippen LogP contribution in [0.15, 0.2) is 35.6 Å². The van der Waals surface area contributed by atoms with Crippen molar-refractivity contribution in [3.63, 3.8) is 0 Å². The first-order valence-corrected chi connectivity index (χ1v) is 7.97. The zero-order valence-corrected chi connectivity index (χ0v) is 12.4. The van der Waals surface area contributed by atoms with Crippen LogP contribution in [0.25, 0.3) is 0 Å². The Morgan fingerprint density at radius 3 is 2.81 bits per heavy atom. The highest BCUT2D eigenvalue weighted by Gasteiger charge is 2.19. The van der Waals surface area contributed by atoms with Crippen LogP contribution in [0.5, 0.6) is 0 Å². The van der Waals surface area contributed by atoms with Gasteiger partial charge in [0.1, 0.15) is 10.7 Å². The van der Waals surface area contributed by atoms with Crippen LogP contribution >= 0.6 is 0 Å². The van der Waals surface area contributed by atoms with Gasteiger partial charge >= 0.3 is 0 Å². The number of rotatable bonds is 7. The van der Waals surface area contributed by atoms with E-state index in [1.807, 2.05) is 6.92 Å². The van der Waals surface area contributed by atoms with Crippen molar-refractivity contribution in [3.8, 4) is 0 Å². The van der Waals surface area contributed by atoms with Crippen molar-refractivity contribution >= 4 is 10.0 Å². The van der Waals surface area contributed by atoms with Gasteiger partial charge in [0.25, 0.3) is 0 Å². The highest BCUT2D eigenvalue weighted by Crippen LogP contribution is 2.16. The molecule has 0 bridgehead atoms. The predicted molar refractivity (Wildman–Crippen MR) is 76.4 cm³/mol. The van der Waals surface area contributed by atoms with Crippen molar-refractivity contribution in [1.82, 2.24) is 20.0 Å². The van der Waals surface area contributed by atoms with Crippen LogP contribution in [-0.4, -0.2) is 24.9 Å². The van der Waals surface area contributed by atoms with Crippen LogP contribution < -0.4 is 10.0 Å². The van der Waals surface area contributed by atoms with Crippen molar-refractivity contribution in [2.45, 2.75) is 24.9 Å². The number of aromatic nitrogens is 2. The minimum absolute atomic E-state index is 0.0270. The molecule has 2 aromatic rings. The Hall–Kier alpha value is -1.77. The van der Waals surface area contributed by atoms with Crippen molar-refractivity contribution < 1.29 is 12.8 Å². The lowest BCUT2D eigenvalue weighted by atomic mass is 10.2. The predicted octanol–water partition coefficient (Wildman–Crippen LogP) is 1.14. The molecule has 21 heavy (non-hydrogen) atoms. The van der Waals surface area contributed by atoms with Crippen LogP contribution in [-0.2, 0) is 23.1 Å². The molecule has 0 radical (unpaired) electrons. The maximum Gasteiger partial charge on any atom is 0.243 e. The number of H-pyrrole nitrogens is 1. The topological polar surface area (TPSA) is 86.9 Å². The summed E-state index contributed by atoms with van der Waals surface area (Å²) in [6.45, 7) is 3.20. The monoisotopic (exact) mass is 312 g/mol. The maximum atomic E-state index is 13.8. The van der Waals surface area contributed by atoms with Gasteiger partial charge in [0.2, 0.25) is 10.0 Å². The second-order valence-corrected chi connectivity index (χ2v) is 6.18. The summed E-state index contributed by atoms with van der Waals surface area (Å²) >= 11 is 0. The summed E-state index contributed by atoms with van der Waals surface area (Å²) in [6, 6.07) is 4.07. The van der Waals surface area contributed by atoms with E-state index in [0.29, 0.717) is 17.8 Å². The van der Waals surface area contributed by atoms with Crippen LogP contribution in [0.3, 0.4) is 0 Å². The molecule has 1 aromatic carbocycles. The standard InChI is InChI=1S/C13H17FN4O2S/c1-2-15-6-10-3-4-12(14)13(5-10)21(19,20)18-8-11-7-16-9-17-11/h3-5,7,9,15,18H,2,6,8H2,1H3,(H,16,17). The summed E-state index contributed by atoms with van der Waals surface area (Å²) in [5.41, 5.74) is 1.31. The lowest BCUT2D eigenvalue weighted by molar-refractivity contribution is 0.555. The van der Waals surface area contributed by atoms with Crippen LogP contribution in [0.1, 0.15) is 18.2 Å². The van der Waals surface area contributed by atoms with Crippen LogP contribution in [0.2, 0.25) is 0 Å². The molecule has 0 aliphatic carbocycles. The number of imidazole rings is 1. The summed E-state index contributed by atoms with van der Waals surface area (Å²) in [6.07, 6.45) is 2.95. The van der Waals surface area contributed by atoms with E-state index in [2.05, 4.69) is 20.0 Å². The van der Waals surface area contributed by atoms with Gasteiger partial charge in [0.05, 0.1) is 12.9 Å². The molecule has 8 heteroatoms. The van der Waals surface area contributed by atoms with Gasteiger partial charge in [-0.05, 0) is 24.2 Å². The summed E-state index contributed by atoms with van der Waals surface area (Å²) in [7, 11) is -3.92. The number of nitrogens with zero attached hydrogens (tertiary/aromatic N) is 1. The second kappa shape index (κ2) is 6.79. The molecule has 0 spiro atoms. The number of nitrogens with one attached hydrogen (secondary N) is 3. The summed E-state index contributed by atoms with van der Waals surface area (Å²) in [4.78, 5) is 6.21.